The molecule has 2 aromatic rings. The van der Waals surface area contributed by atoms with Crippen molar-refractivity contribution in [1.29, 1.82) is 0 Å². The summed E-state index contributed by atoms with van der Waals surface area (Å²) >= 11 is 1.95. The van der Waals surface area contributed by atoms with Crippen LogP contribution in [-0.4, -0.2) is 5.54 Å². The van der Waals surface area contributed by atoms with Crippen molar-refractivity contribution in [3.63, 3.8) is 0 Å². The molecular formula is C22H27NS. The van der Waals surface area contributed by atoms with Gasteiger partial charge in [0.05, 0.1) is 0 Å². The quantitative estimate of drug-likeness (QED) is 0.736. The zero-order chi connectivity index (χ0) is 16.2. The first-order valence-electron chi connectivity index (χ1n) is 9.51. The summed E-state index contributed by atoms with van der Waals surface area (Å²) in [6, 6.07) is 15.4. The minimum absolute atomic E-state index is 0.440. The zero-order valence-corrected chi connectivity index (χ0v) is 15.4. The summed E-state index contributed by atoms with van der Waals surface area (Å²) in [6.45, 7) is 3.60. The van der Waals surface area contributed by atoms with E-state index in [-0.39, 0.29) is 0 Å². The third-order valence-corrected chi connectivity index (χ3v) is 7.85. The summed E-state index contributed by atoms with van der Waals surface area (Å²) in [6.07, 6.45) is 8.75. The van der Waals surface area contributed by atoms with Crippen molar-refractivity contribution in [1.82, 2.24) is 5.32 Å². The van der Waals surface area contributed by atoms with Crippen LogP contribution in [0, 0.1) is 17.3 Å². The molecule has 2 atom stereocenters. The SMILES string of the molecule is CC12CC3CC(C1)CC(NCc1ccc(-c4ccccc4)s1)(C3)C2. The Morgan fingerprint density at radius 3 is 2.46 bits per heavy atom. The van der Waals surface area contributed by atoms with Gasteiger partial charge in [-0.1, -0.05) is 37.3 Å². The smallest absolute Gasteiger partial charge is 0.0346 e. The first kappa shape index (κ1) is 15.2. The standard InChI is InChI=1S/C22H27NS/c1-21-10-16-9-17(11-21)13-22(12-16,15-21)23-14-19-7-8-20(24-19)18-5-3-2-4-6-18/h2-8,16-17,23H,9-15H2,1H3. The molecule has 0 amide bonds. The lowest BCUT2D eigenvalue weighted by molar-refractivity contribution is -0.0725. The van der Waals surface area contributed by atoms with Gasteiger partial charge in [-0.25, -0.2) is 0 Å². The molecule has 1 N–H and O–H groups in total. The van der Waals surface area contributed by atoms with Crippen molar-refractivity contribution in [3.05, 3.63) is 47.3 Å². The van der Waals surface area contributed by atoms with E-state index in [1.165, 1.54) is 53.8 Å². The molecule has 0 spiro atoms. The van der Waals surface area contributed by atoms with Crippen LogP contribution in [0.2, 0.25) is 0 Å². The summed E-state index contributed by atoms with van der Waals surface area (Å²) in [7, 11) is 0. The second kappa shape index (κ2) is 5.44. The average Bonchev–Trinajstić information content (AvgIpc) is 3.01. The maximum Gasteiger partial charge on any atom is 0.0346 e. The summed E-state index contributed by atoms with van der Waals surface area (Å²) < 4.78 is 0. The van der Waals surface area contributed by atoms with Crippen molar-refractivity contribution in [3.8, 4) is 10.4 Å². The van der Waals surface area contributed by atoms with E-state index in [1.807, 2.05) is 11.3 Å². The highest BCUT2D eigenvalue weighted by Crippen LogP contribution is 2.61. The fraction of sp³-hybridized carbons (Fsp3) is 0.545. The predicted octanol–water partition coefficient (Wildman–Crippen LogP) is 5.86. The lowest BCUT2D eigenvalue weighted by Crippen LogP contribution is -2.61. The van der Waals surface area contributed by atoms with Gasteiger partial charge in [-0.2, -0.15) is 0 Å². The number of nitrogens with one attached hydrogen (secondary N) is 1. The van der Waals surface area contributed by atoms with E-state index < -0.39 is 0 Å². The average molecular weight is 338 g/mol. The van der Waals surface area contributed by atoms with Crippen LogP contribution in [-0.2, 0) is 6.54 Å². The fourth-order valence-electron chi connectivity index (χ4n) is 6.43. The van der Waals surface area contributed by atoms with Gasteiger partial charge >= 0.3 is 0 Å². The summed E-state index contributed by atoms with van der Waals surface area (Å²) in [5.74, 6) is 1.99. The molecule has 4 bridgehead atoms. The normalized spacial score (nSPS) is 37.0. The Kier molecular flexibility index (Phi) is 3.44. The van der Waals surface area contributed by atoms with Gasteiger partial charge in [0.1, 0.15) is 0 Å². The summed E-state index contributed by atoms with van der Waals surface area (Å²) in [5.41, 5.74) is 2.41. The van der Waals surface area contributed by atoms with Crippen molar-refractivity contribution in [2.24, 2.45) is 17.3 Å². The maximum atomic E-state index is 4.04. The van der Waals surface area contributed by atoms with E-state index in [4.69, 9.17) is 0 Å². The van der Waals surface area contributed by atoms with Crippen LogP contribution in [0.5, 0.6) is 0 Å². The molecule has 1 aromatic carbocycles. The predicted molar refractivity (Wildman–Crippen MR) is 102 cm³/mol. The van der Waals surface area contributed by atoms with Gasteiger partial charge in [0.15, 0.2) is 0 Å². The fourth-order valence-corrected chi connectivity index (χ4v) is 7.39. The highest BCUT2D eigenvalue weighted by molar-refractivity contribution is 7.15. The highest BCUT2D eigenvalue weighted by Gasteiger charge is 2.55. The van der Waals surface area contributed by atoms with E-state index in [2.05, 4.69) is 54.7 Å². The third-order valence-electron chi connectivity index (χ3n) is 6.71. The molecule has 126 valence electrons. The van der Waals surface area contributed by atoms with Gasteiger partial charge in [-0.05, 0) is 73.5 Å². The Hall–Kier alpha value is -1.12. The minimum Gasteiger partial charge on any atom is -0.306 e. The van der Waals surface area contributed by atoms with Crippen LogP contribution < -0.4 is 5.32 Å². The first-order chi connectivity index (χ1) is 11.6. The van der Waals surface area contributed by atoms with Crippen molar-refractivity contribution in [2.45, 2.75) is 57.5 Å². The Morgan fingerprint density at radius 1 is 1.00 bits per heavy atom. The molecule has 0 aliphatic heterocycles. The molecule has 1 aromatic heterocycles. The van der Waals surface area contributed by atoms with Gasteiger partial charge in [-0.15, -0.1) is 11.3 Å². The Labute approximate surface area is 149 Å². The first-order valence-corrected chi connectivity index (χ1v) is 10.3. The summed E-state index contributed by atoms with van der Waals surface area (Å²) in [4.78, 5) is 2.87. The van der Waals surface area contributed by atoms with E-state index in [9.17, 15) is 0 Å². The van der Waals surface area contributed by atoms with Gasteiger partial charge in [0.25, 0.3) is 0 Å². The van der Waals surface area contributed by atoms with Crippen LogP contribution >= 0.6 is 11.3 Å². The second-order valence-electron chi connectivity index (χ2n) is 9.04. The van der Waals surface area contributed by atoms with Gasteiger partial charge in [-0.3, -0.25) is 0 Å². The van der Waals surface area contributed by atoms with Gasteiger partial charge in [0.2, 0.25) is 0 Å². The van der Waals surface area contributed by atoms with Crippen molar-refractivity contribution in [2.75, 3.05) is 0 Å². The molecule has 1 heterocycles. The Balaban J connectivity index is 1.31. The molecule has 6 rings (SSSR count). The number of benzene rings is 1. The van der Waals surface area contributed by atoms with E-state index in [0.29, 0.717) is 11.0 Å². The van der Waals surface area contributed by atoms with Crippen LogP contribution in [0.1, 0.15) is 50.3 Å². The molecule has 4 aliphatic carbocycles. The topological polar surface area (TPSA) is 12.0 Å². The molecule has 4 saturated carbocycles. The molecule has 2 unspecified atom stereocenters. The number of thiophene rings is 1. The highest BCUT2D eigenvalue weighted by atomic mass is 32.1. The molecule has 0 radical (unpaired) electrons. The van der Waals surface area contributed by atoms with Crippen LogP contribution in [0.3, 0.4) is 0 Å². The molecular weight excluding hydrogens is 310 g/mol. The lowest BCUT2D eigenvalue weighted by Gasteiger charge is -2.61. The van der Waals surface area contributed by atoms with Crippen LogP contribution in [0.25, 0.3) is 10.4 Å². The lowest BCUT2D eigenvalue weighted by atomic mass is 9.47. The number of rotatable bonds is 4. The zero-order valence-electron chi connectivity index (χ0n) is 14.6. The molecule has 24 heavy (non-hydrogen) atoms. The molecule has 2 heteroatoms. The second-order valence-corrected chi connectivity index (χ2v) is 10.2. The largest absolute Gasteiger partial charge is 0.306 e. The third kappa shape index (κ3) is 2.64. The summed E-state index contributed by atoms with van der Waals surface area (Å²) in [5, 5.41) is 4.04. The van der Waals surface area contributed by atoms with Gasteiger partial charge in [0, 0.05) is 21.8 Å². The van der Waals surface area contributed by atoms with Gasteiger partial charge < -0.3 is 5.32 Å². The number of hydrogen-bond donors (Lipinski definition) is 1. The Morgan fingerprint density at radius 2 is 1.75 bits per heavy atom. The maximum absolute atomic E-state index is 4.04. The monoisotopic (exact) mass is 337 g/mol. The molecule has 0 saturated heterocycles. The minimum atomic E-state index is 0.440. The molecule has 4 fully saturated rings. The van der Waals surface area contributed by atoms with Crippen molar-refractivity contribution < 1.29 is 0 Å². The number of hydrogen-bond acceptors (Lipinski definition) is 2. The molecule has 4 aliphatic rings. The van der Waals surface area contributed by atoms with E-state index in [1.54, 1.807) is 0 Å². The van der Waals surface area contributed by atoms with Crippen LogP contribution in [0.4, 0.5) is 0 Å². The van der Waals surface area contributed by atoms with E-state index >= 15 is 0 Å². The van der Waals surface area contributed by atoms with Crippen molar-refractivity contribution >= 4 is 11.3 Å². The Bertz CT molecular complexity index is 717. The van der Waals surface area contributed by atoms with Crippen LogP contribution in [0.15, 0.2) is 42.5 Å². The van der Waals surface area contributed by atoms with E-state index in [0.717, 1.165) is 18.4 Å². The molecule has 1 nitrogen and oxygen atoms in total.